The van der Waals surface area contributed by atoms with E-state index < -0.39 is 53.8 Å². The Kier molecular flexibility index (Phi) is 14.3. The molecule has 39 heavy (non-hydrogen) atoms. The van der Waals surface area contributed by atoms with Gasteiger partial charge in [-0.3, -0.25) is 4.79 Å². The summed E-state index contributed by atoms with van der Waals surface area (Å²) < 4.78 is 12.1. The zero-order valence-corrected chi connectivity index (χ0v) is 25.9. The Bertz CT molecular complexity index is 736. The molecule has 1 saturated heterocycles. The van der Waals surface area contributed by atoms with Gasteiger partial charge in [0.25, 0.3) is 0 Å². The number of hydrogen-bond acceptors (Lipinski definition) is 9. The first kappa shape index (κ1) is 36.2. The maximum atomic E-state index is 11.9. The largest absolute Gasteiger partial charge is 0.481 e. The molecule has 4 unspecified atom stereocenters. The van der Waals surface area contributed by atoms with E-state index in [1.165, 1.54) is 0 Å². The molecule has 10 nitrogen and oxygen atoms in total. The van der Waals surface area contributed by atoms with E-state index in [0.29, 0.717) is 32.2 Å². The Labute approximate surface area is 236 Å². The normalized spacial score (nSPS) is 30.0. The highest BCUT2D eigenvalue weighted by molar-refractivity contribution is 5.70. The third-order valence-corrected chi connectivity index (χ3v) is 8.52. The zero-order chi connectivity index (χ0) is 30.3. The summed E-state index contributed by atoms with van der Waals surface area (Å²) in [5.41, 5.74) is -2.26. The van der Waals surface area contributed by atoms with E-state index in [2.05, 4.69) is 5.32 Å². The summed E-state index contributed by atoms with van der Waals surface area (Å²) in [4.78, 5) is 13.9. The predicted molar refractivity (Wildman–Crippen MR) is 151 cm³/mol. The summed E-state index contributed by atoms with van der Waals surface area (Å²) >= 11 is 0. The summed E-state index contributed by atoms with van der Waals surface area (Å²) in [7, 11) is 3.66. The van der Waals surface area contributed by atoms with Crippen molar-refractivity contribution >= 4 is 5.97 Å². The second-order valence-electron chi connectivity index (χ2n) is 12.8. The molecule has 0 radical (unpaired) electrons. The van der Waals surface area contributed by atoms with Crippen LogP contribution in [0.1, 0.15) is 87.5 Å². The molecule has 12 atom stereocenters. The molecule has 0 amide bonds. The van der Waals surface area contributed by atoms with E-state index in [-0.39, 0.29) is 23.9 Å². The average molecular weight is 563 g/mol. The van der Waals surface area contributed by atoms with E-state index in [0.717, 1.165) is 6.42 Å². The summed E-state index contributed by atoms with van der Waals surface area (Å²) in [5, 5.41) is 55.9. The summed E-state index contributed by atoms with van der Waals surface area (Å²) in [6.45, 7) is 15.2. The van der Waals surface area contributed by atoms with E-state index in [4.69, 9.17) is 9.47 Å². The van der Waals surface area contributed by atoms with Crippen LogP contribution in [-0.2, 0) is 14.3 Å². The number of aliphatic carboxylic acids is 1. The molecule has 0 aromatic rings. The molecule has 0 aromatic heterocycles. The first-order valence-corrected chi connectivity index (χ1v) is 14.6. The van der Waals surface area contributed by atoms with Gasteiger partial charge < -0.3 is 45.2 Å². The highest BCUT2D eigenvalue weighted by Crippen LogP contribution is 2.33. The Morgan fingerprint density at radius 3 is 2.28 bits per heavy atom. The summed E-state index contributed by atoms with van der Waals surface area (Å²) in [6.07, 6.45) is -0.985. The van der Waals surface area contributed by atoms with Gasteiger partial charge in [-0.1, -0.05) is 27.2 Å². The van der Waals surface area contributed by atoms with Gasteiger partial charge in [0, 0.05) is 25.0 Å². The number of aliphatic hydroxyl groups excluding tert-OH is 2. The van der Waals surface area contributed by atoms with Crippen LogP contribution in [0.15, 0.2) is 0 Å². The van der Waals surface area contributed by atoms with Crippen LogP contribution in [0.5, 0.6) is 0 Å². The standard InChI is InChI=1S/C29H58N2O8/c1-11-12-29(8,37)26(33)20(5)31(10)16-17(2)14-28(7,36)15-18(3)25(19(4)27(34)35)39-23-13-22(30-9)24(32)21(6)38-23/h17-26,30,32-33,36-37H,11-16H2,1-10H3,(H,34,35)/t17-,18-,19-,20-,21-,22?,23+,24-,25?,26-,28?,29?/m1/s1. The van der Waals surface area contributed by atoms with Crippen molar-refractivity contribution in [2.45, 2.75) is 141 Å². The maximum absolute atomic E-state index is 11.9. The number of carboxylic acids is 1. The Morgan fingerprint density at radius 1 is 1.18 bits per heavy atom. The van der Waals surface area contributed by atoms with Crippen LogP contribution in [0, 0.1) is 17.8 Å². The molecule has 1 aliphatic heterocycles. The van der Waals surface area contributed by atoms with Crippen molar-refractivity contribution in [2.24, 2.45) is 17.8 Å². The molecule has 0 aromatic carbocycles. The second-order valence-corrected chi connectivity index (χ2v) is 12.8. The minimum absolute atomic E-state index is 0.0691. The minimum atomic E-state index is -1.17. The fourth-order valence-corrected chi connectivity index (χ4v) is 6.27. The molecule has 0 bridgehead atoms. The molecule has 0 spiro atoms. The van der Waals surface area contributed by atoms with Gasteiger partial charge in [0.1, 0.15) is 0 Å². The van der Waals surface area contributed by atoms with Crippen LogP contribution in [0.4, 0.5) is 0 Å². The molecule has 1 rings (SSSR count). The number of aliphatic hydroxyl groups is 4. The third-order valence-electron chi connectivity index (χ3n) is 8.52. The first-order chi connectivity index (χ1) is 17.9. The van der Waals surface area contributed by atoms with Gasteiger partial charge in [0.05, 0.1) is 41.5 Å². The molecule has 6 N–H and O–H groups in total. The van der Waals surface area contributed by atoms with Gasteiger partial charge in [-0.15, -0.1) is 0 Å². The number of likely N-dealkylation sites (N-methyl/N-ethyl adjacent to an activating group) is 2. The van der Waals surface area contributed by atoms with Crippen molar-refractivity contribution < 1.29 is 39.8 Å². The lowest BCUT2D eigenvalue weighted by Crippen LogP contribution is -2.54. The zero-order valence-electron chi connectivity index (χ0n) is 25.9. The van der Waals surface area contributed by atoms with Crippen LogP contribution < -0.4 is 5.32 Å². The predicted octanol–water partition coefficient (Wildman–Crippen LogP) is 2.21. The lowest BCUT2D eigenvalue weighted by atomic mass is 9.80. The highest BCUT2D eigenvalue weighted by Gasteiger charge is 2.41. The van der Waals surface area contributed by atoms with Crippen LogP contribution >= 0.6 is 0 Å². The molecular weight excluding hydrogens is 504 g/mol. The minimum Gasteiger partial charge on any atom is -0.481 e. The second kappa shape index (κ2) is 15.4. The number of carbonyl (C=O) groups is 1. The van der Waals surface area contributed by atoms with Crippen LogP contribution in [0.2, 0.25) is 0 Å². The van der Waals surface area contributed by atoms with Gasteiger partial charge in [0.2, 0.25) is 0 Å². The van der Waals surface area contributed by atoms with E-state index in [1.54, 1.807) is 34.7 Å². The number of nitrogens with zero attached hydrogens (tertiary/aromatic N) is 1. The monoisotopic (exact) mass is 562 g/mol. The Hall–Kier alpha value is -0.850. The number of nitrogens with one attached hydrogen (secondary N) is 1. The van der Waals surface area contributed by atoms with Crippen LogP contribution in [-0.4, -0.2) is 111 Å². The topological polar surface area (TPSA) is 152 Å². The fourth-order valence-electron chi connectivity index (χ4n) is 6.27. The molecule has 0 saturated carbocycles. The smallest absolute Gasteiger partial charge is 0.308 e. The molecular formula is C29H58N2O8. The fraction of sp³-hybridized carbons (Fsp3) is 0.966. The van der Waals surface area contributed by atoms with Crippen molar-refractivity contribution in [3.63, 3.8) is 0 Å². The van der Waals surface area contributed by atoms with Crippen molar-refractivity contribution in [1.29, 1.82) is 0 Å². The summed E-state index contributed by atoms with van der Waals surface area (Å²) in [5.74, 6) is -2.03. The first-order valence-electron chi connectivity index (χ1n) is 14.6. The van der Waals surface area contributed by atoms with E-state index in [9.17, 15) is 30.3 Å². The molecule has 10 heteroatoms. The SMILES string of the molecule is CCCC(C)(O)[C@H](O)[C@@H](C)N(C)C[C@H](C)CC(C)(O)C[C@@H](C)C(O[C@H]1CC(NC)[C@H](O)[C@@H](C)O1)[C@@H](C)C(=O)O. The van der Waals surface area contributed by atoms with Gasteiger partial charge in [-0.2, -0.15) is 0 Å². The molecule has 1 heterocycles. The lowest BCUT2D eigenvalue weighted by Gasteiger charge is -2.41. The van der Waals surface area contributed by atoms with E-state index in [1.807, 2.05) is 39.6 Å². The maximum Gasteiger partial charge on any atom is 0.308 e. The third kappa shape index (κ3) is 10.8. The number of carboxylic acid groups (broad SMARTS) is 1. The molecule has 1 fully saturated rings. The lowest BCUT2D eigenvalue weighted by molar-refractivity contribution is -0.255. The van der Waals surface area contributed by atoms with Gasteiger partial charge in [0.15, 0.2) is 6.29 Å². The average Bonchev–Trinajstić information content (AvgIpc) is 2.81. The number of rotatable bonds is 17. The van der Waals surface area contributed by atoms with Crippen LogP contribution in [0.25, 0.3) is 0 Å². The van der Waals surface area contributed by atoms with Crippen molar-refractivity contribution in [2.75, 3.05) is 20.6 Å². The van der Waals surface area contributed by atoms with Crippen molar-refractivity contribution in [1.82, 2.24) is 10.2 Å². The van der Waals surface area contributed by atoms with E-state index >= 15 is 0 Å². The number of ether oxygens (including phenoxy) is 2. The van der Waals surface area contributed by atoms with Gasteiger partial charge in [-0.05, 0) is 79.8 Å². The van der Waals surface area contributed by atoms with Gasteiger partial charge >= 0.3 is 5.97 Å². The molecule has 0 aliphatic carbocycles. The Morgan fingerprint density at radius 2 is 1.77 bits per heavy atom. The summed E-state index contributed by atoms with van der Waals surface area (Å²) in [6, 6.07) is -0.507. The quantitative estimate of drug-likeness (QED) is 0.156. The van der Waals surface area contributed by atoms with Crippen LogP contribution in [0.3, 0.4) is 0 Å². The highest BCUT2D eigenvalue weighted by atomic mass is 16.7. The van der Waals surface area contributed by atoms with Crippen molar-refractivity contribution in [3.8, 4) is 0 Å². The number of hydrogen-bond donors (Lipinski definition) is 6. The molecule has 232 valence electrons. The molecule has 1 aliphatic rings. The van der Waals surface area contributed by atoms with Gasteiger partial charge in [-0.25, -0.2) is 0 Å². The van der Waals surface area contributed by atoms with Crippen molar-refractivity contribution in [3.05, 3.63) is 0 Å². The Balaban J connectivity index is 2.86.